The number of amides is 1. The lowest BCUT2D eigenvalue weighted by Gasteiger charge is -2.29. The van der Waals surface area contributed by atoms with Crippen LogP contribution in [0.15, 0.2) is 0 Å². The van der Waals surface area contributed by atoms with Gasteiger partial charge in [0.05, 0.1) is 13.2 Å². The van der Waals surface area contributed by atoms with Gasteiger partial charge in [-0.15, -0.1) is 0 Å². The highest BCUT2D eigenvalue weighted by atomic mass is 16.5. The van der Waals surface area contributed by atoms with Crippen LogP contribution >= 0.6 is 0 Å². The Bertz CT molecular complexity index is 349. The normalized spacial score (nSPS) is 16.6. The molecule has 1 rings (SSSR count). The minimum absolute atomic E-state index is 0.00461. The fraction of sp³-hybridized carbons (Fsp3) is 0.769. The number of Topliss-reactive ketones (excluding diaryl/α,β-unsaturated/α-hetero) is 1. The van der Waals surface area contributed by atoms with Crippen molar-refractivity contribution in [2.24, 2.45) is 5.41 Å². The molecule has 1 fully saturated rings. The predicted octanol–water partition coefficient (Wildman–Crippen LogP) is 1.16. The van der Waals surface area contributed by atoms with E-state index in [-0.39, 0.29) is 24.8 Å². The molecule has 0 atom stereocenters. The van der Waals surface area contributed by atoms with Crippen LogP contribution in [0.5, 0.6) is 0 Å². The Morgan fingerprint density at radius 3 is 2.56 bits per heavy atom. The summed E-state index contributed by atoms with van der Waals surface area (Å²) in [4.78, 5) is 36.9. The number of carbonyl (C=O) groups excluding carboxylic acids is 3. The van der Waals surface area contributed by atoms with Crippen LogP contribution in [0.3, 0.4) is 0 Å². The van der Waals surface area contributed by atoms with Crippen molar-refractivity contribution in [3.05, 3.63) is 0 Å². The van der Waals surface area contributed by atoms with E-state index in [0.717, 1.165) is 12.8 Å². The number of hydrogen-bond acceptors (Lipinski definition) is 4. The fourth-order valence-electron chi connectivity index (χ4n) is 1.83. The third kappa shape index (κ3) is 3.31. The lowest BCUT2D eigenvalue weighted by molar-refractivity contribution is -0.159. The zero-order valence-corrected chi connectivity index (χ0v) is 11.3. The molecule has 5 nitrogen and oxygen atoms in total. The first-order valence-electron chi connectivity index (χ1n) is 6.38. The van der Waals surface area contributed by atoms with Crippen LogP contribution in [-0.2, 0) is 19.1 Å². The molecule has 0 aromatic rings. The highest BCUT2D eigenvalue weighted by Crippen LogP contribution is 2.21. The molecule has 102 valence electrons. The Morgan fingerprint density at radius 1 is 1.33 bits per heavy atom. The zero-order valence-electron chi connectivity index (χ0n) is 11.3. The van der Waals surface area contributed by atoms with E-state index in [1.54, 1.807) is 20.8 Å². The van der Waals surface area contributed by atoms with E-state index in [4.69, 9.17) is 4.74 Å². The topological polar surface area (TPSA) is 63.7 Å². The second-order valence-electron chi connectivity index (χ2n) is 5.04. The largest absolute Gasteiger partial charge is 0.465 e. The van der Waals surface area contributed by atoms with Gasteiger partial charge < -0.3 is 9.64 Å². The molecule has 0 spiro atoms. The van der Waals surface area contributed by atoms with Crippen LogP contribution in [0.2, 0.25) is 0 Å². The maximum absolute atomic E-state index is 12.1. The Labute approximate surface area is 107 Å². The summed E-state index contributed by atoms with van der Waals surface area (Å²) >= 11 is 0. The first-order valence-corrected chi connectivity index (χ1v) is 6.38. The minimum Gasteiger partial charge on any atom is -0.465 e. The van der Waals surface area contributed by atoms with Gasteiger partial charge in [0.2, 0.25) is 5.91 Å². The zero-order chi connectivity index (χ0) is 13.8. The number of likely N-dealkylation sites (tertiary alicyclic amines) is 1. The maximum atomic E-state index is 12.1. The number of nitrogens with zero attached hydrogens (tertiary/aromatic N) is 1. The van der Waals surface area contributed by atoms with E-state index in [1.165, 1.54) is 4.90 Å². The van der Waals surface area contributed by atoms with Crippen LogP contribution in [0.25, 0.3) is 0 Å². The van der Waals surface area contributed by atoms with Crippen molar-refractivity contribution in [2.75, 3.05) is 19.7 Å². The van der Waals surface area contributed by atoms with Gasteiger partial charge in [0.15, 0.2) is 5.78 Å². The first kappa shape index (κ1) is 14.7. The molecule has 0 aromatic heterocycles. The quantitative estimate of drug-likeness (QED) is 0.546. The van der Waals surface area contributed by atoms with Crippen molar-refractivity contribution in [2.45, 2.75) is 40.0 Å². The molecule has 0 saturated carbocycles. The lowest BCUT2D eigenvalue weighted by atomic mass is 9.87. The van der Waals surface area contributed by atoms with Gasteiger partial charge >= 0.3 is 5.97 Å². The number of piperidine rings is 1. The number of ketones is 1. The van der Waals surface area contributed by atoms with Crippen molar-refractivity contribution in [1.29, 1.82) is 0 Å². The molecule has 18 heavy (non-hydrogen) atoms. The minimum atomic E-state index is -1.19. The average molecular weight is 255 g/mol. The van der Waals surface area contributed by atoms with Crippen molar-refractivity contribution >= 4 is 17.7 Å². The van der Waals surface area contributed by atoms with E-state index in [1.807, 2.05) is 0 Å². The van der Waals surface area contributed by atoms with E-state index < -0.39 is 11.4 Å². The predicted molar refractivity (Wildman–Crippen MR) is 65.9 cm³/mol. The molecule has 0 N–H and O–H groups in total. The van der Waals surface area contributed by atoms with Gasteiger partial charge in [0.25, 0.3) is 0 Å². The van der Waals surface area contributed by atoms with Crippen LogP contribution in [0, 0.1) is 5.41 Å². The molecule has 0 bridgehead atoms. The van der Waals surface area contributed by atoms with Gasteiger partial charge in [-0.1, -0.05) is 0 Å². The van der Waals surface area contributed by atoms with Gasteiger partial charge in [-0.05, 0) is 33.6 Å². The molecule has 1 aliphatic rings. The Morgan fingerprint density at radius 2 is 2.00 bits per heavy atom. The molecule has 1 amide bonds. The average Bonchev–Trinajstić information content (AvgIpc) is 2.32. The summed E-state index contributed by atoms with van der Waals surface area (Å²) in [5.74, 6) is -0.801. The van der Waals surface area contributed by atoms with Crippen LogP contribution in [0.4, 0.5) is 0 Å². The van der Waals surface area contributed by atoms with Gasteiger partial charge in [0.1, 0.15) is 5.41 Å². The fourth-order valence-corrected chi connectivity index (χ4v) is 1.83. The third-order valence-electron chi connectivity index (χ3n) is 3.24. The van der Waals surface area contributed by atoms with Crippen molar-refractivity contribution in [3.63, 3.8) is 0 Å². The molecule has 0 unspecified atom stereocenters. The lowest BCUT2D eigenvalue weighted by Crippen LogP contribution is -2.45. The van der Waals surface area contributed by atoms with Crippen LogP contribution in [0.1, 0.15) is 40.0 Å². The summed E-state index contributed by atoms with van der Waals surface area (Å²) in [6, 6.07) is 0. The SMILES string of the molecule is CCOC(=O)C(C)(C)C(=O)CN1CCCCC1=O. The van der Waals surface area contributed by atoms with E-state index in [9.17, 15) is 14.4 Å². The van der Waals surface area contributed by atoms with Gasteiger partial charge in [-0.2, -0.15) is 0 Å². The summed E-state index contributed by atoms with van der Waals surface area (Å²) in [5, 5.41) is 0. The molecule has 0 radical (unpaired) electrons. The summed E-state index contributed by atoms with van der Waals surface area (Å²) in [6.07, 6.45) is 2.29. The highest BCUT2D eigenvalue weighted by Gasteiger charge is 2.38. The number of rotatable bonds is 5. The molecule has 0 aromatic carbocycles. The van der Waals surface area contributed by atoms with Gasteiger partial charge in [-0.25, -0.2) is 0 Å². The number of hydrogen-bond donors (Lipinski definition) is 0. The third-order valence-corrected chi connectivity index (χ3v) is 3.24. The molecule has 5 heteroatoms. The molecule has 1 heterocycles. The van der Waals surface area contributed by atoms with Gasteiger partial charge in [0, 0.05) is 13.0 Å². The number of esters is 1. The summed E-state index contributed by atoms with van der Waals surface area (Å²) in [5.41, 5.74) is -1.19. The standard InChI is InChI=1S/C13H21NO4/c1-4-18-12(17)13(2,3)10(15)9-14-8-6-5-7-11(14)16/h4-9H2,1-3H3. The Hall–Kier alpha value is -1.39. The van der Waals surface area contributed by atoms with Crippen molar-refractivity contribution in [3.8, 4) is 0 Å². The first-order chi connectivity index (χ1) is 8.39. The smallest absolute Gasteiger partial charge is 0.319 e. The van der Waals surface area contributed by atoms with Crippen LogP contribution in [-0.4, -0.2) is 42.3 Å². The summed E-state index contributed by atoms with van der Waals surface area (Å²) in [6.45, 7) is 5.64. The second-order valence-corrected chi connectivity index (χ2v) is 5.04. The van der Waals surface area contributed by atoms with E-state index in [2.05, 4.69) is 0 Å². The molecule has 0 aliphatic carbocycles. The second kappa shape index (κ2) is 5.98. The number of carbonyl (C=O) groups is 3. The molecule has 1 saturated heterocycles. The Balaban J connectivity index is 2.63. The Kier molecular flexibility index (Phi) is 4.87. The molecule has 1 aliphatic heterocycles. The molecular weight excluding hydrogens is 234 g/mol. The van der Waals surface area contributed by atoms with Crippen LogP contribution < -0.4 is 0 Å². The maximum Gasteiger partial charge on any atom is 0.319 e. The summed E-state index contributed by atoms with van der Waals surface area (Å²) < 4.78 is 4.88. The van der Waals surface area contributed by atoms with E-state index >= 15 is 0 Å². The van der Waals surface area contributed by atoms with Crippen molar-refractivity contribution in [1.82, 2.24) is 4.90 Å². The highest BCUT2D eigenvalue weighted by molar-refractivity contribution is 6.04. The van der Waals surface area contributed by atoms with Gasteiger partial charge in [-0.3, -0.25) is 14.4 Å². The molecular formula is C13H21NO4. The summed E-state index contributed by atoms with van der Waals surface area (Å²) in [7, 11) is 0. The van der Waals surface area contributed by atoms with E-state index in [0.29, 0.717) is 13.0 Å². The monoisotopic (exact) mass is 255 g/mol. The van der Waals surface area contributed by atoms with Crippen molar-refractivity contribution < 1.29 is 19.1 Å². The number of ether oxygens (including phenoxy) is 1.